The van der Waals surface area contributed by atoms with Crippen molar-refractivity contribution >= 4 is 87.9 Å². The maximum Gasteiger partial charge on any atom is 0.407 e. The van der Waals surface area contributed by atoms with E-state index in [-0.39, 0.29) is 50.5 Å². The Morgan fingerprint density at radius 2 is 1.53 bits per heavy atom. The van der Waals surface area contributed by atoms with Gasteiger partial charge in [-0.25, -0.2) is 4.79 Å². The van der Waals surface area contributed by atoms with Crippen LogP contribution in [0.25, 0.3) is 10.9 Å². The third kappa shape index (κ3) is 19.7. The van der Waals surface area contributed by atoms with Crippen LogP contribution in [0.2, 0.25) is 0 Å². The maximum atomic E-state index is 14.7. The Balaban J connectivity index is 1.68. The lowest BCUT2D eigenvalue weighted by Crippen LogP contribution is -2.60. The molecule has 0 bridgehead atoms. The summed E-state index contributed by atoms with van der Waals surface area (Å²) in [6.07, 6.45) is 0.0527. The number of amides is 10. The number of aromatic nitrogens is 1. The number of esters is 1. The topological polar surface area (TPSA) is 388 Å². The fraction of sp³-hybridized carbons (Fsp3) is 0.620. The zero-order valence-electron chi connectivity index (χ0n) is 44.6. The Labute approximate surface area is 450 Å². The highest BCUT2D eigenvalue weighted by molar-refractivity contribution is 7.98. The lowest BCUT2D eigenvalue weighted by Gasteiger charge is -2.30. The number of phenolic OH excluding ortho intramolecular Hbond substituents is 1. The lowest BCUT2D eigenvalue weighted by molar-refractivity contribution is -0.155. The average molecular weight is 1100 g/mol. The van der Waals surface area contributed by atoms with Crippen molar-refractivity contribution in [1.82, 2.24) is 52.4 Å². The number of thioether (sulfide) groups is 1. The van der Waals surface area contributed by atoms with E-state index in [9.17, 15) is 63.0 Å². The molecule has 2 aromatic rings. The molecule has 8 atom stereocenters. The van der Waals surface area contributed by atoms with Crippen LogP contribution in [0.3, 0.4) is 0 Å². The average Bonchev–Trinajstić information content (AvgIpc) is 3.99. The maximum absolute atomic E-state index is 14.7. The SMILES string of the molecule is CCC(C)C1NC(=O)CNC(=O)C(Cc2c(SC)[nH]c3cc(O)ccc23)NC(=O)C(CC(O)COC(=O)NCCCCCC(=O)OC(C)(C)C)NC(=O)C2CCCN2C(=O)C(CC(N)=O)NC(=O)C(C)NC(=O)CNC1=O. The van der Waals surface area contributed by atoms with Crippen LogP contribution in [0.1, 0.15) is 105 Å². The number of aromatic hydroxyl groups is 1. The number of benzene rings is 1. The van der Waals surface area contributed by atoms with Gasteiger partial charge in [-0.15, -0.1) is 11.8 Å². The highest BCUT2D eigenvalue weighted by atomic mass is 32.2. The number of phenols is 1. The molecule has 4 rings (SSSR count). The van der Waals surface area contributed by atoms with E-state index in [1.54, 1.807) is 46.9 Å². The predicted molar refractivity (Wildman–Crippen MR) is 279 cm³/mol. The first-order valence-corrected chi connectivity index (χ1v) is 26.8. The van der Waals surface area contributed by atoms with Crippen molar-refractivity contribution in [3.8, 4) is 5.75 Å². The molecule has 8 unspecified atom stereocenters. The van der Waals surface area contributed by atoms with Crippen LogP contribution >= 0.6 is 11.8 Å². The molecular formula is C50H75N11O15S. The Bertz CT molecular complexity index is 2480. The van der Waals surface area contributed by atoms with Crippen molar-refractivity contribution in [1.29, 1.82) is 0 Å². The van der Waals surface area contributed by atoms with Crippen LogP contribution in [0.15, 0.2) is 23.2 Å². The molecule has 1 aromatic heterocycles. The number of primary amides is 1. The van der Waals surface area contributed by atoms with Gasteiger partial charge in [-0.1, -0.05) is 26.7 Å². The summed E-state index contributed by atoms with van der Waals surface area (Å²) in [6, 6.07) is -4.24. The molecule has 0 radical (unpaired) electrons. The summed E-state index contributed by atoms with van der Waals surface area (Å²) in [5, 5.41) is 42.7. The van der Waals surface area contributed by atoms with Crippen molar-refractivity contribution < 1.29 is 72.4 Å². The van der Waals surface area contributed by atoms with E-state index >= 15 is 0 Å². The van der Waals surface area contributed by atoms with E-state index in [0.29, 0.717) is 47.2 Å². The van der Waals surface area contributed by atoms with Gasteiger partial charge in [0.25, 0.3) is 0 Å². The Morgan fingerprint density at radius 1 is 0.870 bits per heavy atom. The zero-order chi connectivity index (χ0) is 57.1. The van der Waals surface area contributed by atoms with E-state index in [1.807, 2.05) is 0 Å². The summed E-state index contributed by atoms with van der Waals surface area (Å²) < 4.78 is 10.5. The first-order valence-electron chi connectivity index (χ1n) is 25.6. The number of rotatable bonds is 17. The second-order valence-corrected chi connectivity index (χ2v) is 20.9. The second kappa shape index (κ2) is 29.4. The van der Waals surface area contributed by atoms with E-state index in [4.69, 9.17) is 15.2 Å². The minimum atomic E-state index is -1.71. The van der Waals surface area contributed by atoms with E-state index < -0.39 is 146 Å². The molecule has 26 nitrogen and oxygen atoms in total. The number of carbonyl (C=O) groups excluding carboxylic acids is 11. The molecule has 2 aliphatic heterocycles. The summed E-state index contributed by atoms with van der Waals surface area (Å²) in [6.45, 7) is 8.09. The van der Waals surface area contributed by atoms with Crippen molar-refractivity contribution in [3.05, 3.63) is 23.8 Å². The Hall–Kier alpha value is -7.16. The number of hydrogen-bond donors (Lipinski definition) is 12. The number of alkyl carbamates (subject to hydrolysis) is 1. The van der Waals surface area contributed by atoms with Crippen LogP contribution in [0.4, 0.5) is 4.79 Å². The zero-order valence-corrected chi connectivity index (χ0v) is 45.4. The number of aliphatic hydroxyl groups excluding tert-OH is 1. The summed E-state index contributed by atoms with van der Waals surface area (Å²) in [5.41, 5.74) is 5.87. The number of H-pyrrole nitrogens is 1. The monoisotopic (exact) mass is 1100 g/mol. The number of unbranched alkanes of at least 4 members (excludes halogenated alkanes) is 2. The normalized spacial score (nSPS) is 22.6. The molecule has 2 saturated heterocycles. The number of aromatic amines is 1. The summed E-state index contributed by atoms with van der Waals surface area (Å²) >= 11 is 1.26. The molecular weight excluding hydrogens is 1030 g/mol. The number of ether oxygens (including phenoxy) is 2. The Morgan fingerprint density at radius 3 is 2.19 bits per heavy atom. The largest absolute Gasteiger partial charge is 0.508 e. The smallest absolute Gasteiger partial charge is 0.407 e. The Kier molecular flexibility index (Phi) is 23.8. The van der Waals surface area contributed by atoms with Gasteiger partial charge >= 0.3 is 12.1 Å². The minimum Gasteiger partial charge on any atom is -0.508 e. The molecule has 1 aromatic carbocycles. The molecule has 27 heteroatoms. The quantitative estimate of drug-likeness (QED) is 0.0520. The summed E-state index contributed by atoms with van der Waals surface area (Å²) in [4.78, 5) is 152. The molecule has 0 spiro atoms. The molecule has 10 amide bonds. The molecule has 13 N–H and O–H groups in total. The molecule has 0 aliphatic carbocycles. The first-order chi connectivity index (χ1) is 36.3. The molecule has 2 aliphatic rings. The van der Waals surface area contributed by atoms with Crippen LogP contribution in [-0.4, -0.2) is 172 Å². The number of nitrogens with one attached hydrogen (secondary N) is 9. The van der Waals surface area contributed by atoms with Gasteiger partial charge in [-0.2, -0.15) is 0 Å². The molecule has 0 saturated carbocycles. The van der Waals surface area contributed by atoms with Gasteiger partial charge < -0.3 is 77.8 Å². The fourth-order valence-electron chi connectivity index (χ4n) is 8.55. The number of nitrogens with zero attached hydrogens (tertiary/aromatic N) is 1. The van der Waals surface area contributed by atoms with E-state index in [2.05, 4.69) is 47.5 Å². The van der Waals surface area contributed by atoms with Gasteiger partial charge in [0, 0.05) is 43.8 Å². The van der Waals surface area contributed by atoms with Gasteiger partial charge in [-0.05, 0) is 83.2 Å². The van der Waals surface area contributed by atoms with Gasteiger partial charge in [0.05, 0.1) is 36.2 Å². The number of nitrogens with two attached hydrogens (primary N) is 1. The van der Waals surface area contributed by atoms with Crippen LogP contribution in [0.5, 0.6) is 5.75 Å². The molecule has 2 fully saturated rings. The van der Waals surface area contributed by atoms with E-state index in [0.717, 1.165) is 4.90 Å². The van der Waals surface area contributed by atoms with Crippen LogP contribution in [-0.2, 0) is 63.8 Å². The number of fused-ring (bicyclic) bond motifs is 2. The predicted octanol–water partition coefficient (Wildman–Crippen LogP) is -0.880. The van der Waals surface area contributed by atoms with Crippen molar-refractivity contribution in [2.75, 3.05) is 39.0 Å². The van der Waals surface area contributed by atoms with Crippen LogP contribution < -0.4 is 48.3 Å². The van der Waals surface area contributed by atoms with Crippen molar-refractivity contribution in [3.63, 3.8) is 0 Å². The highest BCUT2D eigenvalue weighted by Gasteiger charge is 2.41. The summed E-state index contributed by atoms with van der Waals surface area (Å²) in [5.74, 6) is -8.97. The third-order valence-corrected chi connectivity index (χ3v) is 13.4. The molecule has 3 heterocycles. The number of carbonyl (C=O) groups is 11. The lowest BCUT2D eigenvalue weighted by atomic mass is 9.98. The highest BCUT2D eigenvalue weighted by Crippen LogP contribution is 2.32. The number of aliphatic hydroxyl groups is 1. The van der Waals surface area contributed by atoms with Gasteiger partial charge in [-0.3, -0.25) is 47.9 Å². The molecule has 426 valence electrons. The van der Waals surface area contributed by atoms with Crippen molar-refractivity contribution in [2.45, 2.75) is 159 Å². The summed E-state index contributed by atoms with van der Waals surface area (Å²) in [7, 11) is 0. The van der Waals surface area contributed by atoms with Gasteiger partial charge in [0.1, 0.15) is 54.2 Å². The van der Waals surface area contributed by atoms with Gasteiger partial charge in [0.15, 0.2) is 0 Å². The van der Waals surface area contributed by atoms with Crippen molar-refractivity contribution in [2.24, 2.45) is 11.7 Å². The second-order valence-electron chi connectivity index (χ2n) is 20.1. The fourth-order valence-corrected chi connectivity index (χ4v) is 9.20. The molecule has 77 heavy (non-hydrogen) atoms. The number of hydrogen-bond acceptors (Lipinski definition) is 16. The minimum absolute atomic E-state index is 0.0345. The van der Waals surface area contributed by atoms with Crippen LogP contribution in [0, 0.1) is 5.92 Å². The van der Waals surface area contributed by atoms with Gasteiger partial charge in [0.2, 0.25) is 53.2 Å². The van der Waals surface area contributed by atoms with E-state index in [1.165, 1.54) is 30.8 Å². The standard InChI is InChI=1S/C50H75N11O15S/c1-8-26(2)41-46(72)54-23-38(65)55-27(3)42(68)58-35(22-37(51)64)48(73)61-18-12-13-36(61)45(71)57-33(20-29(63)25-75-49(74)52-17-11-9-10-14-40(67)76-50(4,5)6)44(70)56-34(43(69)53-24-39(66)60-41)21-31-30-16-15-28(62)19-32(30)59-47(31)77-7/h15-16,19,26-27,29,33-36,41,59,62-63H,8-14,17-18,20-25H2,1-7H3,(H2,51,64)(H,52,74)(H,53,69)(H,54,72)(H,55,65)(H,56,70)(H,57,71)(H,58,68)(H,60,66). The third-order valence-electron chi connectivity index (χ3n) is 12.7. The first kappa shape index (κ1) is 62.4.